The van der Waals surface area contributed by atoms with Crippen molar-refractivity contribution in [1.82, 2.24) is 5.32 Å². The molecule has 0 aliphatic carbocycles. The van der Waals surface area contributed by atoms with E-state index < -0.39 is 0 Å². The summed E-state index contributed by atoms with van der Waals surface area (Å²) in [6.45, 7) is 0. The zero-order valence-electron chi connectivity index (χ0n) is 5.45. The summed E-state index contributed by atoms with van der Waals surface area (Å²) in [5.41, 5.74) is 5.75. The Bertz CT molecular complexity index is 9.65. The summed E-state index contributed by atoms with van der Waals surface area (Å²) in [6, 6.07) is 0. The number of hydrogen-bond acceptors (Lipinski definition) is 1. The summed E-state index contributed by atoms with van der Waals surface area (Å²) in [5.74, 6) is 0. The van der Waals surface area contributed by atoms with E-state index in [1.807, 2.05) is 14.1 Å². The number of rotatable bonds is 0. The van der Waals surface area contributed by atoms with Crippen LogP contribution in [0, 0.1) is 7.43 Å². The Labute approximate surface area is 58.7 Å². The Balaban J connectivity index is -0.0000000105. The zero-order chi connectivity index (χ0) is 4.71. The summed E-state index contributed by atoms with van der Waals surface area (Å²) in [6.07, 6.45) is 0. The summed E-state index contributed by atoms with van der Waals surface area (Å²) >= 11 is 0. The largest absolute Gasteiger partial charge is 2.00 e. The second-order valence-corrected chi connectivity index (χ2v) is 0.500. The van der Waals surface area contributed by atoms with Gasteiger partial charge in [-0.2, -0.15) is 7.05 Å². The van der Waals surface area contributed by atoms with Crippen molar-refractivity contribution >= 4 is 0 Å². The van der Waals surface area contributed by atoms with E-state index >= 15 is 0 Å². The summed E-state index contributed by atoms with van der Waals surface area (Å²) in [7, 11) is 5.00. The van der Waals surface area contributed by atoms with Crippen LogP contribution >= 0.6 is 0 Å². The Morgan fingerprint density at radius 1 is 1.14 bits per heavy atom. The fourth-order valence-electron chi connectivity index (χ4n) is 0. The van der Waals surface area contributed by atoms with Crippen molar-refractivity contribution < 1.29 is 18.6 Å². The molecule has 0 aliphatic heterocycles. The van der Waals surface area contributed by atoms with Crippen LogP contribution in [0.3, 0.4) is 0 Å². The van der Waals surface area contributed by atoms with Crippen LogP contribution < -0.4 is 5.32 Å². The van der Waals surface area contributed by atoms with E-state index in [4.69, 9.17) is 5.73 Å². The molecule has 0 heterocycles. The van der Waals surface area contributed by atoms with Gasteiger partial charge in [0.05, 0.1) is 0 Å². The van der Waals surface area contributed by atoms with E-state index in [1.165, 1.54) is 7.05 Å². The fraction of sp³-hybridized carbons (Fsp3) is 0.750. The van der Waals surface area contributed by atoms with E-state index in [2.05, 4.69) is 5.32 Å². The molecule has 45 valence electrons. The molecule has 0 spiro atoms. The van der Waals surface area contributed by atoms with Gasteiger partial charge < -0.3 is 18.5 Å². The predicted molar refractivity (Wildman–Crippen MR) is 31.6 cm³/mol. The second kappa shape index (κ2) is 87.1. The SMILES string of the molecule is CNC.C[NH-].[CH3-].[V+2]. The first-order valence-corrected chi connectivity index (χ1v) is 1.50. The molecule has 7 heavy (non-hydrogen) atoms. The Morgan fingerprint density at radius 2 is 1.14 bits per heavy atom. The van der Waals surface area contributed by atoms with Crippen molar-refractivity contribution in [3.63, 3.8) is 0 Å². The van der Waals surface area contributed by atoms with E-state index in [1.54, 1.807) is 0 Å². The van der Waals surface area contributed by atoms with Gasteiger partial charge in [-0.05, 0) is 14.1 Å². The van der Waals surface area contributed by atoms with Gasteiger partial charge in [-0.15, -0.1) is 0 Å². The van der Waals surface area contributed by atoms with Crippen molar-refractivity contribution in [2.75, 3.05) is 21.1 Å². The molecule has 0 atom stereocenters. The van der Waals surface area contributed by atoms with Crippen LogP contribution in [-0.4, -0.2) is 21.1 Å². The molecule has 0 unspecified atom stereocenters. The van der Waals surface area contributed by atoms with E-state index in [9.17, 15) is 0 Å². The van der Waals surface area contributed by atoms with Crippen molar-refractivity contribution in [3.05, 3.63) is 13.2 Å². The molecule has 0 bridgehead atoms. The Morgan fingerprint density at radius 3 is 1.14 bits per heavy atom. The minimum absolute atomic E-state index is 0. The monoisotopic (exact) mass is 141 g/mol. The van der Waals surface area contributed by atoms with Gasteiger partial charge in [0.15, 0.2) is 0 Å². The minimum atomic E-state index is 0. The second-order valence-electron chi connectivity index (χ2n) is 0.500. The molecule has 3 heteroatoms. The van der Waals surface area contributed by atoms with Crippen molar-refractivity contribution in [3.8, 4) is 0 Å². The first-order valence-electron chi connectivity index (χ1n) is 1.50. The molecule has 0 saturated carbocycles. The van der Waals surface area contributed by atoms with E-state index in [0.29, 0.717) is 0 Å². The molecule has 0 aliphatic rings. The van der Waals surface area contributed by atoms with Crippen LogP contribution in [0.1, 0.15) is 0 Å². The molecular formula is C4H14N2V. The summed E-state index contributed by atoms with van der Waals surface area (Å²) in [4.78, 5) is 0. The van der Waals surface area contributed by atoms with Crippen LogP contribution in [0.5, 0.6) is 0 Å². The first-order chi connectivity index (χ1) is 2.41. The van der Waals surface area contributed by atoms with Crippen LogP contribution in [0.25, 0.3) is 5.73 Å². The third-order valence-electron chi connectivity index (χ3n) is 0. The minimum Gasteiger partial charge on any atom is -0.680 e. The van der Waals surface area contributed by atoms with Crippen LogP contribution in [-0.2, 0) is 18.6 Å². The van der Waals surface area contributed by atoms with Gasteiger partial charge in [0.2, 0.25) is 0 Å². The number of nitrogens with one attached hydrogen (secondary N) is 2. The van der Waals surface area contributed by atoms with Gasteiger partial charge in [-0.3, -0.25) is 0 Å². The molecule has 0 fully saturated rings. The van der Waals surface area contributed by atoms with Crippen LogP contribution in [0.4, 0.5) is 0 Å². The van der Waals surface area contributed by atoms with Gasteiger partial charge in [-0.1, -0.05) is 0 Å². The average Bonchev–Trinajstić information content (AvgIpc) is 1.46. The molecule has 0 amide bonds. The maximum Gasteiger partial charge on any atom is 2.00 e. The predicted octanol–water partition coefficient (Wildman–Crippen LogP) is 0.952. The molecular weight excluding hydrogens is 127 g/mol. The summed E-state index contributed by atoms with van der Waals surface area (Å²) < 4.78 is 0. The van der Waals surface area contributed by atoms with Gasteiger partial charge in [-0.25, -0.2) is 0 Å². The van der Waals surface area contributed by atoms with E-state index in [-0.39, 0.29) is 26.0 Å². The van der Waals surface area contributed by atoms with Crippen molar-refractivity contribution in [2.24, 2.45) is 0 Å². The molecule has 0 aromatic rings. The molecule has 0 saturated heterocycles. The third-order valence-corrected chi connectivity index (χ3v) is 0. The van der Waals surface area contributed by atoms with Crippen LogP contribution in [0.2, 0.25) is 0 Å². The van der Waals surface area contributed by atoms with Gasteiger partial charge in [0.25, 0.3) is 0 Å². The van der Waals surface area contributed by atoms with Crippen molar-refractivity contribution in [1.29, 1.82) is 0 Å². The normalized spacial score (nSPS) is 3.43. The Hall–Kier alpha value is 0.504. The summed E-state index contributed by atoms with van der Waals surface area (Å²) in [5, 5.41) is 2.75. The molecule has 0 rings (SSSR count). The average molecular weight is 141 g/mol. The van der Waals surface area contributed by atoms with Gasteiger partial charge in [0, 0.05) is 0 Å². The quantitative estimate of drug-likeness (QED) is 0.501. The maximum atomic E-state index is 5.75. The molecule has 1 radical (unpaired) electrons. The van der Waals surface area contributed by atoms with Gasteiger partial charge in [0.1, 0.15) is 0 Å². The topological polar surface area (TPSA) is 35.8 Å². The first kappa shape index (κ1) is 25.9. The molecule has 0 aromatic carbocycles. The smallest absolute Gasteiger partial charge is 0.680 e. The maximum absolute atomic E-state index is 5.75. The fourth-order valence-corrected chi connectivity index (χ4v) is 0. The molecule has 0 aromatic heterocycles. The zero-order valence-corrected chi connectivity index (χ0v) is 6.84. The van der Waals surface area contributed by atoms with E-state index in [0.717, 1.165) is 0 Å². The van der Waals surface area contributed by atoms with Gasteiger partial charge >= 0.3 is 18.6 Å². The third kappa shape index (κ3) is 519. The molecule has 2 nitrogen and oxygen atoms in total. The standard InChI is InChI=1S/C2H7N.CH4N.CH3.V/c1-3-2;1-2;;/h3H,1-2H3;2H,1H3;1H3;/q;2*-1;+2. The molecule has 2 N–H and O–H groups in total. The van der Waals surface area contributed by atoms with Crippen LogP contribution in [0.15, 0.2) is 0 Å². The Kier molecular flexibility index (Phi) is 322. The van der Waals surface area contributed by atoms with Crippen molar-refractivity contribution in [2.45, 2.75) is 0 Å². The number of hydrogen-bond donors (Lipinski definition) is 1.